The van der Waals surface area contributed by atoms with Crippen molar-refractivity contribution in [2.24, 2.45) is 0 Å². The molecule has 0 rings (SSSR count). The van der Waals surface area contributed by atoms with E-state index in [-0.39, 0.29) is 24.8 Å². The fourth-order valence-corrected chi connectivity index (χ4v) is 5.25. The summed E-state index contributed by atoms with van der Waals surface area (Å²) >= 11 is 0. The van der Waals surface area contributed by atoms with Gasteiger partial charge in [-0.25, -0.2) is 4.79 Å². The van der Waals surface area contributed by atoms with Crippen LogP contribution >= 0.6 is 0 Å². The molecule has 6 heteroatoms. The largest absolute Gasteiger partial charge is 0.464 e. The number of hydrogen-bond acceptors (Lipinski definition) is 4. The predicted octanol–water partition coefficient (Wildman–Crippen LogP) is 11.2. The number of rotatable bonds is 34. The van der Waals surface area contributed by atoms with Crippen molar-refractivity contribution in [2.75, 3.05) is 13.2 Å². The van der Waals surface area contributed by atoms with E-state index in [4.69, 9.17) is 4.74 Å². The molecule has 2 N–H and O–H groups in total. The SMILES string of the molecule is CCCCC/C=C\C/C=C\CCCCCCCCOC(=O)C(CNC(=O)CCCCCCC/C=C\C/C=C\CCCCC)NC(=O)CC. The third-order valence-corrected chi connectivity index (χ3v) is 8.39. The predicted molar refractivity (Wildman–Crippen MR) is 205 cm³/mol. The zero-order valence-corrected chi connectivity index (χ0v) is 31.4. The number of allylic oxidation sites excluding steroid dienone is 8. The molecule has 0 radical (unpaired) electrons. The van der Waals surface area contributed by atoms with E-state index < -0.39 is 12.0 Å². The van der Waals surface area contributed by atoms with Crippen LogP contribution in [0.4, 0.5) is 0 Å². The van der Waals surface area contributed by atoms with Crippen LogP contribution in [-0.4, -0.2) is 37.0 Å². The van der Waals surface area contributed by atoms with E-state index in [0.29, 0.717) is 13.0 Å². The van der Waals surface area contributed by atoms with Crippen LogP contribution in [0.2, 0.25) is 0 Å². The Labute approximate surface area is 296 Å². The average Bonchev–Trinajstić information content (AvgIpc) is 3.09. The number of carbonyl (C=O) groups excluding carboxylic acids is 3. The van der Waals surface area contributed by atoms with Crippen molar-refractivity contribution in [1.82, 2.24) is 10.6 Å². The van der Waals surface area contributed by atoms with Gasteiger partial charge >= 0.3 is 5.97 Å². The van der Waals surface area contributed by atoms with Gasteiger partial charge in [-0.1, -0.05) is 140 Å². The van der Waals surface area contributed by atoms with E-state index in [1.165, 1.54) is 83.5 Å². The summed E-state index contributed by atoms with van der Waals surface area (Å²) in [5.74, 6) is -0.792. The quantitative estimate of drug-likeness (QED) is 0.0405. The summed E-state index contributed by atoms with van der Waals surface area (Å²) in [4.78, 5) is 37.0. The number of ether oxygens (including phenoxy) is 1. The molecule has 0 spiro atoms. The van der Waals surface area contributed by atoms with E-state index >= 15 is 0 Å². The Morgan fingerprint density at radius 3 is 1.44 bits per heavy atom. The molecule has 0 fully saturated rings. The molecule has 276 valence electrons. The zero-order chi connectivity index (χ0) is 35.2. The lowest BCUT2D eigenvalue weighted by Gasteiger charge is -2.18. The number of carbonyl (C=O) groups is 3. The van der Waals surface area contributed by atoms with Crippen LogP contribution in [0, 0.1) is 0 Å². The first-order valence-corrected chi connectivity index (χ1v) is 19.9. The highest BCUT2D eigenvalue weighted by Crippen LogP contribution is 2.10. The Hall–Kier alpha value is -2.63. The highest BCUT2D eigenvalue weighted by Gasteiger charge is 2.22. The Kier molecular flexibility index (Phi) is 35.2. The van der Waals surface area contributed by atoms with Gasteiger partial charge in [0.1, 0.15) is 6.04 Å². The molecule has 1 atom stereocenters. The maximum Gasteiger partial charge on any atom is 0.330 e. The lowest BCUT2D eigenvalue weighted by molar-refractivity contribution is -0.148. The van der Waals surface area contributed by atoms with Crippen molar-refractivity contribution in [2.45, 2.75) is 187 Å². The van der Waals surface area contributed by atoms with Gasteiger partial charge in [-0.3, -0.25) is 9.59 Å². The first kappa shape index (κ1) is 45.4. The summed E-state index contributed by atoms with van der Waals surface area (Å²) in [5.41, 5.74) is 0. The van der Waals surface area contributed by atoms with E-state index in [9.17, 15) is 14.4 Å². The van der Waals surface area contributed by atoms with Gasteiger partial charge in [0.2, 0.25) is 11.8 Å². The summed E-state index contributed by atoms with van der Waals surface area (Å²) in [7, 11) is 0. The summed E-state index contributed by atoms with van der Waals surface area (Å²) in [6.07, 6.45) is 45.3. The number of amides is 2. The van der Waals surface area contributed by atoms with E-state index in [0.717, 1.165) is 64.2 Å². The molecule has 1 unspecified atom stereocenters. The lowest BCUT2D eigenvalue weighted by atomic mass is 10.1. The third kappa shape index (κ3) is 33.3. The van der Waals surface area contributed by atoms with Gasteiger partial charge in [-0.2, -0.15) is 0 Å². The van der Waals surface area contributed by atoms with Crippen LogP contribution < -0.4 is 10.6 Å². The van der Waals surface area contributed by atoms with Crippen LogP contribution in [0.3, 0.4) is 0 Å². The van der Waals surface area contributed by atoms with Gasteiger partial charge in [0, 0.05) is 19.4 Å². The highest BCUT2D eigenvalue weighted by molar-refractivity contribution is 5.85. The minimum Gasteiger partial charge on any atom is -0.464 e. The molecule has 48 heavy (non-hydrogen) atoms. The Morgan fingerprint density at radius 2 is 0.958 bits per heavy atom. The molecule has 0 saturated heterocycles. The Bertz CT molecular complexity index is 877. The second kappa shape index (κ2) is 37.2. The summed E-state index contributed by atoms with van der Waals surface area (Å²) in [5, 5.41) is 5.53. The van der Waals surface area contributed by atoms with Crippen LogP contribution in [0.15, 0.2) is 48.6 Å². The molecule has 0 aliphatic heterocycles. The molecule has 0 aromatic heterocycles. The molecule has 2 amide bonds. The van der Waals surface area contributed by atoms with Crippen LogP contribution in [0.25, 0.3) is 0 Å². The second-order valence-electron chi connectivity index (χ2n) is 13.0. The molecule has 0 aliphatic carbocycles. The van der Waals surface area contributed by atoms with Gasteiger partial charge in [0.25, 0.3) is 0 Å². The monoisotopic (exact) mass is 671 g/mol. The molecular weight excluding hydrogens is 596 g/mol. The Morgan fingerprint density at radius 1 is 0.521 bits per heavy atom. The van der Waals surface area contributed by atoms with Crippen molar-refractivity contribution in [3.05, 3.63) is 48.6 Å². The standard InChI is InChI=1S/C42H74N2O4/c1-4-7-9-11-13-15-17-19-21-23-25-27-29-31-33-35-37-48-42(47)39(44-40(45)6-3)38-43-41(46)36-34-32-30-28-26-24-22-20-18-16-14-12-10-8-5-2/h13-16,19-22,39H,4-12,17-18,23-38H2,1-3H3,(H,43,46)(H,44,45)/b15-13-,16-14-,21-19-,22-20-. The maximum atomic E-state index is 12.7. The van der Waals surface area contributed by atoms with E-state index in [2.05, 4.69) is 73.1 Å². The average molecular weight is 671 g/mol. The summed E-state index contributed by atoms with van der Waals surface area (Å²) < 4.78 is 5.46. The number of nitrogens with one attached hydrogen (secondary N) is 2. The van der Waals surface area contributed by atoms with Gasteiger partial charge in [0.15, 0.2) is 0 Å². The summed E-state index contributed by atoms with van der Waals surface area (Å²) in [6.45, 7) is 6.62. The lowest BCUT2D eigenvalue weighted by Crippen LogP contribution is -2.49. The second-order valence-corrected chi connectivity index (χ2v) is 13.0. The van der Waals surface area contributed by atoms with Crippen molar-refractivity contribution in [3.63, 3.8) is 0 Å². The molecule has 0 aromatic carbocycles. The summed E-state index contributed by atoms with van der Waals surface area (Å²) in [6, 6.07) is -0.851. The Balaban J connectivity index is 3.93. The molecular formula is C42H74N2O4. The third-order valence-electron chi connectivity index (χ3n) is 8.39. The zero-order valence-electron chi connectivity index (χ0n) is 31.4. The van der Waals surface area contributed by atoms with Crippen LogP contribution in [0.1, 0.15) is 181 Å². The molecule has 6 nitrogen and oxygen atoms in total. The van der Waals surface area contributed by atoms with E-state index in [1.807, 2.05) is 0 Å². The number of esters is 1. The number of hydrogen-bond donors (Lipinski definition) is 2. The van der Waals surface area contributed by atoms with Gasteiger partial charge in [-0.05, 0) is 77.0 Å². The fraction of sp³-hybridized carbons (Fsp3) is 0.738. The molecule has 0 saturated carbocycles. The van der Waals surface area contributed by atoms with Gasteiger partial charge in [-0.15, -0.1) is 0 Å². The molecule has 0 bridgehead atoms. The minimum absolute atomic E-state index is 0.0629. The van der Waals surface area contributed by atoms with Crippen LogP contribution in [-0.2, 0) is 19.1 Å². The first-order chi connectivity index (χ1) is 23.5. The smallest absolute Gasteiger partial charge is 0.330 e. The molecule has 0 aliphatic rings. The van der Waals surface area contributed by atoms with Crippen molar-refractivity contribution in [3.8, 4) is 0 Å². The number of unbranched alkanes of at least 4 members (excludes halogenated alkanes) is 17. The van der Waals surface area contributed by atoms with Gasteiger partial charge < -0.3 is 15.4 Å². The van der Waals surface area contributed by atoms with Crippen molar-refractivity contribution >= 4 is 17.8 Å². The fourth-order valence-electron chi connectivity index (χ4n) is 5.25. The first-order valence-electron chi connectivity index (χ1n) is 19.9. The van der Waals surface area contributed by atoms with E-state index in [1.54, 1.807) is 6.92 Å². The van der Waals surface area contributed by atoms with Crippen LogP contribution in [0.5, 0.6) is 0 Å². The maximum absolute atomic E-state index is 12.7. The highest BCUT2D eigenvalue weighted by atomic mass is 16.5. The molecule has 0 heterocycles. The normalized spacial score (nSPS) is 12.5. The van der Waals surface area contributed by atoms with Crippen molar-refractivity contribution < 1.29 is 19.1 Å². The van der Waals surface area contributed by atoms with Crippen molar-refractivity contribution in [1.29, 1.82) is 0 Å². The minimum atomic E-state index is -0.851. The molecule has 0 aromatic rings. The topological polar surface area (TPSA) is 84.5 Å². The van der Waals surface area contributed by atoms with Gasteiger partial charge in [0.05, 0.1) is 6.61 Å².